The first kappa shape index (κ1) is 11.2. The number of aromatic nitrogens is 2. The van der Waals surface area contributed by atoms with Gasteiger partial charge in [-0.1, -0.05) is 0 Å². The Bertz CT molecular complexity index is 390. The molecule has 6 nitrogen and oxygen atoms in total. The zero-order valence-electron chi connectivity index (χ0n) is 9.20. The molecule has 2 N–H and O–H groups in total. The zero-order valence-corrected chi connectivity index (χ0v) is 9.20. The maximum absolute atomic E-state index is 10.5. The van der Waals surface area contributed by atoms with Gasteiger partial charge in [-0.05, 0) is 13.8 Å². The van der Waals surface area contributed by atoms with Crippen LogP contribution in [0.5, 0.6) is 0 Å². The molecule has 1 rings (SSSR count). The molecule has 1 aromatic heterocycles. The maximum atomic E-state index is 10.5. The van der Waals surface area contributed by atoms with E-state index in [2.05, 4.69) is 15.3 Å². The monoisotopic (exact) mass is 210 g/mol. The lowest BCUT2D eigenvalue weighted by Gasteiger charge is -2.14. The van der Waals surface area contributed by atoms with Crippen molar-refractivity contribution < 1.29 is 9.90 Å². The smallest absolute Gasteiger partial charge is 0.410 e. The predicted octanol–water partition coefficient (Wildman–Crippen LogP) is 1.25. The number of hydrogen-bond donors (Lipinski definition) is 2. The summed E-state index contributed by atoms with van der Waals surface area (Å²) in [5.74, 6) is 0.820. The van der Waals surface area contributed by atoms with Crippen molar-refractivity contribution in [2.45, 2.75) is 13.8 Å². The third kappa shape index (κ3) is 2.55. The quantitative estimate of drug-likeness (QED) is 0.768. The average Bonchev–Trinajstić information content (AvgIpc) is 2.11. The molecule has 0 aliphatic rings. The molecule has 1 amide bonds. The van der Waals surface area contributed by atoms with Crippen molar-refractivity contribution in [3.05, 3.63) is 11.3 Å². The molecule has 0 fully saturated rings. The molecule has 1 aromatic rings. The molecule has 0 aromatic carbocycles. The van der Waals surface area contributed by atoms with Gasteiger partial charge in [-0.2, -0.15) is 4.98 Å². The molecule has 0 saturated carbocycles. The van der Waals surface area contributed by atoms with Gasteiger partial charge in [0.1, 0.15) is 5.82 Å². The second kappa shape index (κ2) is 4.12. The number of hydrogen-bond acceptors (Lipinski definition) is 4. The molecule has 0 unspecified atom stereocenters. The summed E-state index contributed by atoms with van der Waals surface area (Å²) in [5, 5.41) is 10.9. The number of rotatable bonds is 2. The van der Waals surface area contributed by atoms with Gasteiger partial charge in [0.15, 0.2) is 0 Å². The number of carboxylic acid groups (broad SMARTS) is 1. The molecule has 0 atom stereocenters. The second-order valence-corrected chi connectivity index (χ2v) is 3.41. The fourth-order valence-electron chi connectivity index (χ4n) is 1.04. The Morgan fingerprint density at radius 2 is 1.93 bits per heavy atom. The largest absolute Gasteiger partial charge is 0.465 e. The fourth-order valence-corrected chi connectivity index (χ4v) is 1.04. The van der Waals surface area contributed by atoms with E-state index in [1.54, 1.807) is 25.9 Å². The van der Waals surface area contributed by atoms with Crippen molar-refractivity contribution >= 4 is 17.9 Å². The highest BCUT2D eigenvalue weighted by atomic mass is 16.4. The molecule has 0 aliphatic carbocycles. The molecule has 0 radical (unpaired) electrons. The molecule has 0 bridgehead atoms. The van der Waals surface area contributed by atoms with Crippen molar-refractivity contribution in [3.63, 3.8) is 0 Å². The summed E-state index contributed by atoms with van der Waals surface area (Å²) < 4.78 is 0. The number of amides is 1. The summed E-state index contributed by atoms with van der Waals surface area (Å²) >= 11 is 0. The van der Waals surface area contributed by atoms with Crippen LogP contribution in [0.15, 0.2) is 0 Å². The lowest BCUT2D eigenvalue weighted by atomic mass is 10.2. The Labute approximate surface area is 88.0 Å². The van der Waals surface area contributed by atoms with Crippen LogP contribution in [0.2, 0.25) is 0 Å². The highest BCUT2D eigenvalue weighted by Gasteiger charge is 2.10. The Balaban J connectivity index is 3.18. The Morgan fingerprint density at radius 3 is 2.40 bits per heavy atom. The molecular formula is C9H14N4O2. The average molecular weight is 210 g/mol. The minimum absolute atomic E-state index is 0.332. The van der Waals surface area contributed by atoms with Crippen molar-refractivity contribution in [2.75, 3.05) is 24.3 Å². The van der Waals surface area contributed by atoms with Gasteiger partial charge in [0.25, 0.3) is 0 Å². The maximum Gasteiger partial charge on any atom is 0.410 e. The van der Waals surface area contributed by atoms with Crippen LogP contribution in [0.1, 0.15) is 11.3 Å². The molecule has 1 heterocycles. The SMILES string of the molecule is Cc1nc(N(C)C)nc(NC(=O)O)c1C. The Kier molecular flexibility index (Phi) is 3.08. The van der Waals surface area contributed by atoms with Crippen LogP contribution in [0, 0.1) is 13.8 Å². The van der Waals surface area contributed by atoms with Crippen LogP contribution < -0.4 is 10.2 Å². The van der Waals surface area contributed by atoms with E-state index < -0.39 is 6.09 Å². The molecule has 15 heavy (non-hydrogen) atoms. The molecule has 0 saturated heterocycles. The van der Waals surface area contributed by atoms with Gasteiger partial charge in [0, 0.05) is 25.4 Å². The van der Waals surface area contributed by atoms with Crippen molar-refractivity contribution in [1.29, 1.82) is 0 Å². The number of nitrogens with one attached hydrogen (secondary N) is 1. The van der Waals surface area contributed by atoms with Crippen molar-refractivity contribution in [2.24, 2.45) is 0 Å². The van der Waals surface area contributed by atoms with E-state index >= 15 is 0 Å². The van der Waals surface area contributed by atoms with E-state index in [0.29, 0.717) is 11.8 Å². The zero-order chi connectivity index (χ0) is 11.6. The van der Waals surface area contributed by atoms with Crippen LogP contribution in [0.4, 0.5) is 16.6 Å². The minimum atomic E-state index is -1.12. The second-order valence-electron chi connectivity index (χ2n) is 3.41. The number of anilines is 2. The van der Waals surface area contributed by atoms with Gasteiger partial charge < -0.3 is 10.0 Å². The number of aryl methyl sites for hydroxylation is 1. The molecule has 82 valence electrons. The van der Waals surface area contributed by atoms with Crippen LogP contribution >= 0.6 is 0 Å². The van der Waals surface area contributed by atoms with Crippen LogP contribution in [0.25, 0.3) is 0 Å². The van der Waals surface area contributed by atoms with Gasteiger partial charge in [-0.3, -0.25) is 5.32 Å². The van der Waals surface area contributed by atoms with E-state index in [1.165, 1.54) is 0 Å². The van der Waals surface area contributed by atoms with E-state index in [4.69, 9.17) is 5.11 Å². The van der Waals surface area contributed by atoms with E-state index in [-0.39, 0.29) is 0 Å². The van der Waals surface area contributed by atoms with Crippen molar-refractivity contribution in [1.82, 2.24) is 9.97 Å². The van der Waals surface area contributed by atoms with E-state index in [0.717, 1.165) is 11.3 Å². The van der Waals surface area contributed by atoms with Crippen molar-refractivity contribution in [3.8, 4) is 0 Å². The first-order valence-electron chi connectivity index (χ1n) is 4.44. The normalized spacial score (nSPS) is 9.87. The van der Waals surface area contributed by atoms with Gasteiger partial charge in [-0.15, -0.1) is 0 Å². The molecule has 0 aliphatic heterocycles. The van der Waals surface area contributed by atoms with Gasteiger partial charge in [0.05, 0.1) is 0 Å². The van der Waals surface area contributed by atoms with Gasteiger partial charge in [0.2, 0.25) is 5.95 Å². The highest BCUT2D eigenvalue weighted by molar-refractivity contribution is 5.82. The summed E-state index contributed by atoms with van der Waals surface area (Å²) in [4.78, 5) is 20.6. The summed E-state index contributed by atoms with van der Waals surface area (Å²) in [5.41, 5.74) is 1.50. The Morgan fingerprint density at radius 1 is 1.33 bits per heavy atom. The van der Waals surface area contributed by atoms with E-state index in [1.807, 2.05) is 6.92 Å². The lowest BCUT2D eigenvalue weighted by molar-refractivity contribution is 0.209. The highest BCUT2D eigenvalue weighted by Crippen LogP contribution is 2.17. The summed E-state index contributed by atoms with van der Waals surface area (Å²) in [6.45, 7) is 3.59. The molecular weight excluding hydrogens is 196 g/mol. The molecule has 6 heteroatoms. The lowest BCUT2D eigenvalue weighted by Crippen LogP contribution is -2.17. The number of carbonyl (C=O) groups is 1. The molecule has 0 spiro atoms. The summed E-state index contributed by atoms with van der Waals surface area (Å²) in [6.07, 6.45) is -1.12. The van der Waals surface area contributed by atoms with Crippen LogP contribution in [-0.2, 0) is 0 Å². The predicted molar refractivity (Wildman–Crippen MR) is 57.5 cm³/mol. The fraction of sp³-hybridized carbons (Fsp3) is 0.444. The van der Waals surface area contributed by atoms with E-state index in [9.17, 15) is 4.79 Å². The Hall–Kier alpha value is -1.85. The third-order valence-electron chi connectivity index (χ3n) is 2.00. The van der Waals surface area contributed by atoms with Crippen LogP contribution in [-0.4, -0.2) is 35.3 Å². The van der Waals surface area contributed by atoms with Gasteiger partial charge >= 0.3 is 6.09 Å². The van der Waals surface area contributed by atoms with Crippen LogP contribution in [0.3, 0.4) is 0 Å². The summed E-state index contributed by atoms with van der Waals surface area (Å²) in [7, 11) is 3.60. The minimum Gasteiger partial charge on any atom is -0.465 e. The first-order valence-corrected chi connectivity index (χ1v) is 4.44. The summed E-state index contributed by atoms with van der Waals surface area (Å²) in [6, 6.07) is 0. The number of nitrogens with zero attached hydrogens (tertiary/aromatic N) is 3. The first-order chi connectivity index (χ1) is 6.91. The van der Waals surface area contributed by atoms with Gasteiger partial charge in [-0.25, -0.2) is 9.78 Å². The topological polar surface area (TPSA) is 78.4 Å². The third-order valence-corrected chi connectivity index (χ3v) is 2.00. The standard InChI is InChI=1S/C9H14N4O2/c1-5-6(2)10-8(13(3)4)11-7(5)12-9(14)15/h1-4H3,(H,14,15)(H,10,11,12).